The number of hydrogen-bond acceptors (Lipinski definition) is 12. The molecule has 0 amide bonds. The van der Waals surface area contributed by atoms with Crippen LogP contribution in [0.4, 0.5) is 0 Å². The molecule has 4 heterocycles. The van der Waals surface area contributed by atoms with Crippen LogP contribution in [0.25, 0.3) is 68.5 Å². The van der Waals surface area contributed by atoms with Crippen molar-refractivity contribution in [2.75, 3.05) is 0 Å². The molecule has 0 bridgehead atoms. The maximum Gasteiger partial charge on any atom is 0.258 e. The number of rotatable bonds is 9. The predicted molar refractivity (Wildman–Crippen MR) is 154 cm³/mol. The largest absolute Gasteiger partial charge is 0.339 e. The standard InChI is InChI=1S/C31H24N8O4/c1-3-4-14-25-33-27(37-41-25)20-9-6-11-22(16-20)29-35-31(43-39-29)24-13-7-12-23(17-24)30-34-28(38-42-30)21-10-5-8-19(15-21)26-32-18(2)40-36-26/h5-13,15-17H,3-4,14H2,1-2H3. The molecular formula is C31H24N8O4. The van der Waals surface area contributed by atoms with E-state index in [0.717, 1.165) is 41.5 Å². The summed E-state index contributed by atoms with van der Waals surface area (Å²) in [6.45, 7) is 3.87. The van der Waals surface area contributed by atoms with Gasteiger partial charge in [0.1, 0.15) is 0 Å². The van der Waals surface area contributed by atoms with Crippen molar-refractivity contribution in [1.82, 2.24) is 40.6 Å². The molecule has 0 fully saturated rings. The number of nitrogens with zero attached hydrogens (tertiary/aromatic N) is 8. The summed E-state index contributed by atoms with van der Waals surface area (Å²) >= 11 is 0. The van der Waals surface area contributed by atoms with E-state index in [-0.39, 0.29) is 0 Å². The maximum atomic E-state index is 5.62. The van der Waals surface area contributed by atoms with Crippen LogP contribution in [0.3, 0.4) is 0 Å². The zero-order chi connectivity index (χ0) is 29.2. The predicted octanol–water partition coefficient (Wildman–Crippen LogP) is 6.87. The zero-order valence-corrected chi connectivity index (χ0v) is 23.3. The molecule has 7 rings (SSSR count). The summed E-state index contributed by atoms with van der Waals surface area (Å²) in [6.07, 6.45) is 2.82. The van der Waals surface area contributed by atoms with Gasteiger partial charge < -0.3 is 18.1 Å². The van der Waals surface area contributed by atoms with Crippen LogP contribution in [-0.4, -0.2) is 40.6 Å². The minimum atomic E-state index is 0.350. The molecule has 0 aliphatic heterocycles. The lowest BCUT2D eigenvalue weighted by Crippen LogP contribution is -1.87. The summed E-state index contributed by atoms with van der Waals surface area (Å²) in [5.41, 5.74) is 4.53. The van der Waals surface area contributed by atoms with Crippen molar-refractivity contribution in [2.24, 2.45) is 0 Å². The first kappa shape index (κ1) is 26.1. The Kier molecular flexibility index (Phi) is 6.83. The van der Waals surface area contributed by atoms with E-state index in [4.69, 9.17) is 18.1 Å². The van der Waals surface area contributed by atoms with Gasteiger partial charge in [-0.3, -0.25) is 0 Å². The van der Waals surface area contributed by atoms with Crippen LogP contribution in [0.2, 0.25) is 0 Å². The molecule has 0 spiro atoms. The van der Waals surface area contributed by atoms with Gasteiger partial charge in [0.2, 0.25) is 35.1 Å². The smallest absolute Gasteiger partial charge is 0.258 e. The molecule has 0 unspecified atom stereocenters. The molecule has 0 saturated carbocycles. The molecule has 0 aliphatic rings. The lowest BCUT2D eigenvalue weighted by atomic mass is 10.1. The molecule has 0 atom stereocenters. The Hall–Kier alpha value is -5.78. The van der Waals surface area contributed by atoms with Gasteiger partial charge >= 0.3 is 0 Å². The van der Waals surface area contributed by atoms with Gasteiger partial charge in [-0.05, 0) is 36.8 Å². The normalized spacial score (nSPS) is 11.3. The van der Waals surface area contributed by atoms with Crippen LogP contribution in [0.1, 0.15) is 31.5 Å². The fourth-order valence-corrected chi connectivity index (χ4v) is 4.51. The average molecular weight is 573 g/mol. The minimum absolute atomic E-state index is 0.350. The number of hydrogen-bond donors (Lipinski definition) is 0. The molecule has 212 valence electrons. The second-order valence-electron chi connectivity index (χ2n) is 9.84. The molecule has 0 aliphatic carbocycles. The molecular weight excluding hydrogens is 548 g/mol. The quantitative estimate of drug-likeness (QED) is 0.177. The lowest BCUT2D eigenvalue weighted by molar-refractivity contribution is 0.375. The fourth-order valence-electron chi connectivity index (χ4n) is 4.51. The van der Waals surface area contributed by atoms with E-state index in [2.05, 4.69) is 47.5 Å². The zero-order valence-electron chi connectivity index (χ0n) is 23.3. The molecule has 12 heteroatoms. The summed E-state index contributed by atoms with van der Waals surface area (Å²) in [5.74, 6) is 3.71. The second-order valence-corrected chi connectivity index (χ2v) is 9.84. The Morgan fingerprint density at radius 1 is 0.512 bits per heavy atom. The van der Waals surface area contributed by atoms with Gasteiger partial charge in [0.25, 0.3) is 11.8 Å². The van der Waals surface area contributed by atoms with Gasteiger partial charge in [0.05, 0.1) is 0 Å². The van der Waals surface area contributed by atoms with Crippen LogP contribution >= 0.6 is 0 Å². The van der Waals surface area contributed by atoms with Gasteiger partial charge in [-0.2, -0.15) is 19.9 Å². The van der Waals surface area contributed by atoms with E-state index in [1.807, 2.05) is 72.8 Å². The monoisotopic (exact) mass is 572 g/mol. The Morgan fingerprint density at radius 3 is 1.47 bits per heavy atom. The van der Waals surface area contributed by atoms with E-state index in [1.165, 1.54) is 0 Å². The number of benzene rings is 3. The summed E-state index contributed by atoms with van der Waals surface area (Å²) in [5, 5.41) is 16.5. The first-order valence-corrected chi connectivity index (χ1v) is 13.8. The van der Waals surface area contributed by atoms with Gasteiger partial charge in [0, 0.05) is 46.7 Å². The van der Waals surface area contributed by atoms with Crippen molar-refractivity contribution >= 4 is 0 Å². The van der Waals surface area contributed by atoms with Crippen LogP contribution in [0.15, 0.2) is 90.9 Å². The van der Waals surface area contributed by atoms with Crippen molar-refractivity contribution in [3.8, 4) is 68.5 Å². The Balaban J connectivity index is 1.11. The third kappa shape index (κ3) is 5.45. The van der Waals surface area contributed by atoms with Gasteiger partial charge in [-0.15, -0.1) is 0 Å². The van der Waals surface area contributed by atoms with Crippen LogP contribution in [0.5, 0.6) is 0 Å². The third-order valence-corrected chi connectivity index (χ3v) is 6.71. The summed E-state index contributed by atoms with van der Waals surface area (Å²) in [6, 6.07) is 22.7. The van der Waals surface area contributed by atoms with E-state index in [0.29, 0.717) is 58.0 Å². The third-order valence-electron chi connectivity index (χ3n) is 6.71. The molecule has 4 aromatic heterocycles. The summed E-state index contributed by atoms with van der Waals surface area (Å²) in [7, 11) is 0. The molecule has 0 N–H and O–H groups in total. The first-order chi connectivity index (χ1) is 21.1. The van der Waals surface area contributed by atoms with Gasteiger partial charge in [-0.25, -0.2) is 0 Å². The van der Waals surface area contributed by atoms with Crippen LogP contribution in [-0.2, 0) is 6.42 Å². The first-order valence-electron chi connectivity index (χ1n) is 13.8. The van der Waals surface area contributed by atoms with E-state index < -0.39 is 0 Å². The highest BCUT2D eigenvalue weighted by Crippen LogP contribution is 2.30. The number of aryl methyl sites for hydroxylation is 2. The second kappa shape index (κ2) is 11.2. The highest BCUT2D eigenvalue weighted by atomic mass is 16.5. The Morgan fingerprint density at radius 2 is 0.953 bits per heavy atom. The molecule has 7 aromatic rings. The topological polar surface area (TPSA) is 156 Å². The van der Waals surface area contributed by atoms with E-state index in [9.17, 15) is 0 Å². The van der Waals surface area contributed by atoms with Gasteiger partial charge in [0.15, 0.2) is 0 Å². The van der Waals surface area contributed by atoms with Gasteiger partial charge in [-0.1, -0.05) is 76.4 Å². The molecule has 0 radical (unpaired) electrons. The van der Waals surface area contributed by atoms with Crippen molar-refractivity contribution in [3.05, 3.63) is 84.6 Å². The van der Waals surface area contributed by atoms with Crippen molar-refractivity contribution in [2.45, 2.75) is 33.1 Å². The lowest BCUT2D eigenvalue weighted by Gasteiger charge is -1.99. The van der Waals surface area contributed by atoms with Crippen molar-refractivity contribution < 1.29 is 18.1 Å². The minimum Gasteiger partial charge on any atom is -0.339 e. The number of unbranched alkanes of at least 4 members (excludes halogenated alkanes) is 1. The van der Waals surface area contributed by atoms with Crippen LogP contribution in [0, 0.1) is 6.92 Å². The highest BCUT2D eigenvalue weighted by Gasteiger charge is 2.17. The van der Waals surface area contributed by atoms with E-state index >= 15 is 0 Å². The number of aromatic nitrogens is 8. The SMILES string of the molecule is CCCCc1nc(-c2cccc(-c3noc(-c4cccc(-c5nc(-c6cccc(-c7noc(C)n7)c6)no5)c4)n3)c2)no1. The van der Waals surface area contributed by atoms with E-state index in [1.54, 1.807) is 6.92 Å². The van der Waals surface area contributed by atoms with Crippen molar-refractivity contribution in [3.63, 3.8) is 0 Å². The van der Waals surface area contributed by atoms with Crippen molar-refractivity contribution in [1.29, 1.82) is 0 Å². The Bertz CT molecular complexity index is 2020. The summed E-state index contributed by atoms with van der Waals surface area (Å²) < 4.78 is 21.7. The molecule has 0 saturated heterocycles. The summed E-state index contributed by atoms with van der Waals surface area (Å²) in [4.78, 5) is 18.0. The van der Waals surface area contributed by atoms with Crippen LogP contribution < -0.4 is 0 Å². The molecule has 3 aromatic carbocycles. The maximum absolute atomic E-state index is 5.62. The molecule has 43 heavy (non-hydrogen) atoms. The average Bonchev–Trinajstić information content (AvgIpc) is 3.88. The highest BCUT2D eigenvalue weighted by molar-refractivity contribution is 5.70. The Labute approximate surface area is 244 Å². The molecule has 12 nitrogen and oxygen atoms in total. The fraction of sp³-hybridized carbons (Fsp3) is 0.161.